The summed E-state index contributed by atoms with van der Waals surface area (Å²) in [4.78, 5) is 17.6. The van der Waals surface area contributed by atoms with Crippen LogP contribution < -0.4 is 4.90 Å². The van der Waals surface area contributed by atoms with Crippen molar-refractivity contribution in [2.75, 3.05) is 31.6 Å². The van der Waals surface area contributed by atoms with Gasteiger partial charge in [-0.05, 0) is 51.8 Å². The molecule has 6 heteroatoms. The van der Waals surface area contributed by atoms with Crippen LogP contribution in [0.4, 0.5) is 5.82 Å². The zero-order valence-corrected chi connectivity index (χ0v) is 18.6. The van der Waals surface area contributed by atoms with Crippen molar-refractivity contribution in [3.63, 3.8) is 0 Å². The van der Waals surface area contributed by atoms with Crippen molar-refractivity contribution in [3.8, 4) is 0 Å². The third-order valence-electron chi connectivity index (χ3n) is 7.41. The van der Waals surface area contributed by atoms with Gasteiger partial charge in [0, 0.05) is 35.9 Å². The summed E-state index contributed by atoms with van der Waals surface area (Å²) in [6.45, 7) is 13.3. The first-order chi connectivity index (χ1) is 13.4. The van der Waals surface area contributed by atoms with Crippen LogP contribution in [0.2, 0.25) is 0 Å². The molecule has 3 aliphatic rings. The van der Waals surface area contributed by atoms with Gasteiger partial charge in [-0.2, -0.15) is 0 Å². The largest absolute Gasteiger partial charge is 0.377 e. The highest BCUT2D eigenvalue weighted by Gasteiger charge is 2.61. The van der Waals surface area contributed by atoms with Crippen molar-refractivity contribution >= 4 is 27.4 Å². The summed E-state index contributed by atoms with van der Waals surface area (Å²) in [6, 6.07) is 0.470. The SMILES string of the molecule is Cc1sc2nc(CN3CCCC3)nc(N(C)C3C4CCOC4C3(C)C)c2c1C. The Bertz CT molecular complexity index is 902. The Morgan fingerprint density at radius 2 is 1.96 bits per heavy atom. The van der Waals surface area contributed by atoms with Gasteiger partial charge in [-0.15, -0.1) is 11.3 Å². The predicted octanol–water partition coefficient (Wildman–Crippen LogP) is 4.15. The molecular weight excluding hydrogens is 368 g/mol. The standard InChI is InChI=1S/C22H32N4OS/c1-13-14(2)28-21-17(13)20(23-16(24-21)12-26-9-6-7-10-26)25(5)18-15-8-11-27-19(15)22(18,3)4/h15,18-19H,6-12H2,1-5H3. The fourth-order valence-electron chi connectivity index (χ4n) is 5.95. The smallest absolute Gasteiger partial charge is 0.146 e. The maximum Gasteiger partial charge on any atom is 0.146 e. The predicted molar refractivity (Wildman–Crippen MR) is 115 cm³/mol. The molecule has 0 radical (unpaired) electrons. The molecule has 1 saturated carbocycles. The van der Waals surface area contributed by atoms with Crippen LogP contribution in [0.3, 0.4) is 0 Å². The molecule has 0 spiro atoms. The normalized spacial score (nSPS) is 29.2. The van der Waals surface area contributed by atoms with Gasteiger partial charge < -0.3 is 9.64 Å². The summed E-state index contributed by atoms with van der Waals surface area (Å²) < 4.78 is 6.05. The molecule has 2 aromatic rings. The highest BCUT2D eigenvalue weighted by Crippen LogP contribution is 2.55. The minimum absolute atomic E-state index is 0.154. The van der Waals surface area contributed by atoms with Gasteiger partial charge in [0.2, 0.25) is 0 Å². The number of hydrogen-bond donors (Lipinski definition) is 0. The highest BCUT2D eigenvalue weighted by molar-refractivity contribution is 7.18. The van der Waals surface area contributed by atoms with E-state index in [0.29, 0.717) is 18.1 Å². The monoisotopic (exact) mass is 400 g/mol. The van der Waals surface area contributed by atoms with Crippen LogP contribution >= 0.6 is 11.3 Å². The second kappa shape index (κ2) is 6.64. The number of nitrogens with zero attached hydrogens (tertiary/aromatic N) is 4. The lowest BCUT2D eigenvalue weighted by Crippen LogP contribution is -2.66. The second-order valence-electron chi connectivity index (χ2n) is 9.53. The molecule has 5 nitrogen and oxygen atoms in total. The van der Waals surface area contributed by atoms with Gasteiger partial charge in [0.15, 0.2) is 0 Å². The second-order valence-corrected chi connectivity index (χ2v) is 10.7. The first kappa shape index (κ1) is 18.8. The average Bonchev–Trinajstić information content (AvgIpc) is 3.36. The lowest BCUT2D eigenvalue weighted by molar-refractivity contribution is -0.101. The molecule has 2 aromatic heterocycles. The molecule has 3 atom stereocenters. The fourth-order valence-corrected chi connectivity index (χ4v) is 7.00. The number of aryl methyl sites for hydroxylation is 2. The number of ether oxygens (including phenoxy) is 1. The molecule has 3 unspecified atom stereocenters. The molecule has 2 saturated heterocycles. The minimum atomic E-state index is 0.154. The number of hydrogen-bond acceptors (Lipinski definition) is 6. The number of rotatable bonds is 4. The van der Waals surface area contributed by atoms with E-state index in [-0.39, 0.29) is 5.41 Å². The zero-order chi connectivity index (χ0) is 19.6. The molecule has 0 bridgehead atoms. The summed E-state index contributed by atoms with van der Waals surface area (Å²) >= 11 is 1.82. The fraction of sp³-hybridized carbons (Fsp3) is 0.727. The third-order valence-corrected chi connectivity index (χ3v) is 8.51. The van der Waals surface area contributed by atoms with Crippen LogP contribution in [0.25, 0.3) is 10.2 Å². The van der Waals surface area contributed by atoms with Crippen molar-refractivity contribution in [1.29, 1.82) is 0 Å². The number of fused-ring (bicyclic) bond motifs is 2. The van der Waals surface area contributed by atoms with E-state index in [1.54, 1.807) is 0 Å². The summed E-state index contributed by atoms with van der Waals surface area (Å²) in [7, 11) is 2.24. The molecule has 0 amide bonds. The summed E-state index contributed by atoms with van der Waals surface area (Å²) in [5.41, 5.74) is 1.49. The quantitative estimate of drug-likeness (QED) is 0.771. The Morgan fingerprint density at radius 1 is 1.21 bits per heavy atom. The van der Waals surface area contributed by atoms with Crippen LogP contribution in [0.1, 0.15) is 49.4 Å². The van der Waals surface area contributed by atoms with E-state index in [0.717, 1.165) is 29.6 Å². The maximum atomic E-state index is 6.05. The zero-order valence-electron chi connectivity index (χ0n) is 17.8. The number of thiophene rings is 1. The van der Waals surface area contributed by atoms with Crippen molar-refractivity contribution in [3.05, 3.63) is 16.3 Å². The molecule has 0 aromatic carbocycles. The van der Waals surface area contributed by atoms with Crippen LogP contribution in [0.15, 0.2) is 0 Å². The molecule has 1 aliphatic carbocycles. The summed E-state index contributed by atoms with van der Waals surface area (Å²) in [5.74, 6) is 2.73. The molecule has 28 heavy (non-hydrogen) atoms. The molecule has 2 aliphatic heterocycles. The van der Waals surface area contributed by atoms with E-state index in [1.807, 2.05) is 11.3 Å². The molecular formula is C22H32N4OS. The van der Waals surface area contributed by atoms with Gasteiger partial charge in [-0.1, -0.05) is 13.8 Å². The van der Waals surface area contributed by atoms with Crippen molar-refractivity contribution in [1.82, 2.24) is 14.9 Å². The van der Waals surface area contributed by atoms with Crippen LogP contribution in [0, 0.1) is 25.2 Å². The maximum absolute atomic E-state index is 6.05. The van der Waals surface area contributed by atoms with Crippen LogP contribution in [-0.4, -0.2) is 53.8 Å². The molecule has 3 fully saturated rings. The highest BCUT2D eigenvalue weighted by atomic mass is 32.1. The minimum Gasteiger partial charge on any atom is -0.377 e. The lowest BCUT2D eigenvalue weighted by atomic mass is 9.57. The van der Waals surface area contributed by atoms with Crippen LogP contribution in [-0.2, 0) is 11.3 Å². The summed E-state index contributed by atoms with van der Waals surface area (Å²) in [6.07, 6.45) is 4.16. The number of anilines is 1. The van der Waals surface area contributed by atoms with Gasteiger partial charge >= 0.3 is 0 Å². The van der Waals surface area contributed by atoms with Crippen molar-refractivity contribution in [2.24, 2.45) is 11.3 Å². The van der Waals surface area contributed by atoms with Gasteiger partial charge in [0.25, 0.3) is 0 Å². The Labute approximate surface area is 172 Å². The van der Waals surface area contributed by atoms with Gasteiger partial charge in [0.1, 0.15) is 16.5 Å². The Balaban J connectivity index is 1.56. The first-order valence-electron chi connectivity index (χ1n) is 10.7. The van der Waals surface area contributed by atoms with E-state index in [1.165, 1.54) is 48.2 Å². The number of aromatic nitrogens is 2. The van der Waals surface area contributed by atoms with Gasteiger partial charge in [-0.3, -0.25) is 4.90 Å². The Kier molecular flexibility index (Phi) is 4.45. The van der Waals surface area contributed by atoms with Gasteiger partial charge in [0.05, 0.1) is 18.0 Å². The first-order valence-corrected chi connectivity index (χ1v) is 11.5. The van der Waals surface area contributed by atoms with E-state index in [2.05, 4.69) is 44.5 Å². The van der Waals surface area contributed by atoms with Gasteiger partial charge in [-0.25, -0.2) is 9.97 Å². The number of likely N-dealkylation sites (tertiary alicyclic amines) is 1. The topological polar surface area (TPSA) is 41.5 Å². The average molecular weight is 401 g/mol. The lowest BCUT2D eigenvalue weighted by Gasteiger charge is -2.58. The summed E-state index contributed by atoms with van der Waals surface area (Å²) in [5, 5.41) is 1.26. The third kappa shape index (κ3) is 2.71. The van der Waals surface area contributed by atoms with Crippen molar-refractivity contribution < 1.29 is 4.74 Å². The molecule has 152 valence electrons. The van der Waals surface area contributed by atoms with Crippen molar-refractivity contribution in [2.45, 2.75) is 65.6 Å². The van der Waals surface area contributed by atoms with E-state index < -0.39 is 0 Å². The molecule has 4 heterocycles. The van der Waals surface area contributed by atoms with Crippen LogP contribution in [0.5, 0.6) is 0 Å². The molecule has 5 rings (SSSR count). The van der Waals surface area contributed by atoms with E-state index >= 15 is 0 Å². The Morgan fingerprint density at radius 3 is 2.71 bits per heavy atom. The Hall–Kier alpha value is -1.24. The van der Waals surface area contributed by atoms with E-state index in [9.17, 15) is 0 Å². The molecule has 0 N–H and O–H groups in total. The van der Waals surface area contributed by atoms with E-state index in [4.69, 9.17) is 14.7 Å².